The number of rotatable bonds is 1. The predicted molar refractivity (Wildman–Crippen MR) is 92.3 cm³/mol. The van der Waals surface area contributed by atoms with Crippen LogP contribution in [0.25, 0.3) is 0 Å². The van der Waals surface area contributed by atoms with Gasteiger partial charge in [-0.25, -0.2) is 0 Å². The maximum Gasteiger partial charge on any atom is 0.302 e. The molecule has 0 amide bonds. The molecule has 24 heavy (non-hydrogen) atoms. The maximum atomic E-state index is 12.0. The second-order valence-electron chi connectivity index (χ2n) is 9.62. The topological polar surface area (TPSA) is 43.4 Å². The number of ether oxygens (including phenoxy) is 1. The lowest BCUT2D eigenvalue weighted by atomic mass is 9.45. The van der Waals surface area contributed by atoms with Crippen LogP contribution in [0.2, 0.25) is 0 Å². The Morgan fingerprint density at radius 1 is 1.00 bits per heavy atom. The summed E-state index contributed by atoms with van der Waals surface area (Å²) < 4.78 is 5.73. The van der Waals surface area contributed by atoms with Gasteiger partial charge in [-0.2, -0.15) is 0 Å². The van der Waals surface area contributed by atoms with Crippen molar-refractivity contribution in [3.05, 3.63) is 0 Å². The Bertz CT molecular complexity index is 555. The molecule has 0 aromatic heterocycles. The van der Waals surface area contributed by atoms with Gasteiger partial charge >= 0.3 is 5.97 Å². The number of esters is 1. The fourth-order valence-corrected chi connectivity index (χ4v) is 7.39. The van der Waals surface area contributed by atoms with Crippen molar-refractivity contribution in [2.45, 2.75) is 84.7 Å². The summed E-state index contributed by atoms with van der Waals surface area (Å²) >= 11 is 0. The van der Waals surface area contributed by atoms with Crippen molar-refractivity contribution in [3.63, 3.8) is 0 Å². The monoisotopic (exact) mass is 332 g/mol. The van der Waals surface area contributed by atoms with Crippen LogP contribution >= 0.6 is 0 Å². The molecule has 7 atom stereocenters. The Labute approximate surface area is 145 Å². The Morgan fingerprint density at radius 2 is 1.75 bits per heavy atom. The third-order valence-electron chi connectivity index (χ3n) is 8.70. The Morgan fingerprint density at radius 3 is 2.50 bits per heavy atom. The van der Waals surface area contributed by atoms with Crippen LogP contribution in [0.3, 0.4) is 0 Å². The van der Waals surface area contributed by atoms with E-state index in [0.29, 0.717) is 23.0 Å². The van der Waals surface area contributed by atoms with Crippen molar-refractivity contribution in [3.8, 4) is 0 Å². The summed E-state index contributed by atoms with van der Waals surface area (Å²) in [5, 5.41) is 0. The first-order chi connectivity index (χ1) is 11.3. The number of ketones is 1. The van der Waals surface area contributed by atoms with Gasteiger partial charge in [0.25, 0.3) is 0 Å². The van der Waals surface area contributed by atoms with Gasteiger partial charge in [-0.05, 0) is 74.0 Å². The van der Waals surface area contributed by atoms with Gasteiger partial charge in [0.2, 0.25) is 0 Å². The summed E-state index contributed by atoms with van der Waals surface area (Å²) in [6, 6.07) is 0. The zero-order valence-electron chi connectivity index (χ0n) is 15.5. The standard InChI is InChI=1S/C21H32O3/c1-13(22)24-19-7-6-17-16-5-4-14-12-15(23)8-10-20(14,2)18(16)9-11-21(17,19)3/h14,16-19H,4-12H2,1-3H3/t14-,16+,17+,18-,19+,20-,21-/m0/s1. The fraction of sp³-hybridized carbons (Fsp3) is 0.905. The van der Waals surface area contributed by atoms with Crippen molar-refractivity contribution in [2.24, 2.45) is 34.5 Å². The zero-order valence-corrected chi connectivity index (χ0v) is 15.5. The summed E-state index contributed by atoms with van der Waals surface area (Å²) in [5.74, 6) is 3.25. The highest BCUT2D eigenvalue weighted by atomic mass is 16.5. The van der Waals surface area contributed by atoms with E-state index in [2.05, 4.69) is 13.8 Å². The van der Waals surface area contributed by atoms with Crippen LogP contribution in [0.15, 0.2) is 0 Å². The molecule has 0 aromatic carbocycles. The third-order valence-corrected chi connectivity index (χ3v) is 8.70. The Kier molecular flexibility index (Phi) is 3.85. The third kappa shape index (κ3) is 2.29. The minimum atomic E-state index is -0.120. The van der Waals surface area contributed by atoms with Crippen molar-refractivity contribution >= 4 is 11.8 Å². The molecule has 0 saturated heterocycles. The van der Waals surface area contributed by atoms with Gasteiger partial charge in [-0.15, -0.1) is 0 Å². The molecule has 134 valence electrons. The minimum absolute atomic E-state index is 0.120. The first-order valence-electron chi connectivity index (χ1n) is 10.0. The van der Waals surface area contributed by atoms with E-state index >= 15 is 0 Å². The average Bonchev–Trinajstić information content (AvgIpc) is 2.84. The number of hydrogen-bond acceptors (Lipinski definition) is 3. The summed E-state index contributed by atoms with van der Waals surface area (Å²) in [7, 11) is 0. The zero-order chi connectivity index (χ0) is 17.1. The van der Waals surface area contributed by atoms with Crippen molar-refractivity contribution in [1.82, 2.24) is 0 Å². The molecular weight excluding hydrogens is 300 g/mol. The van der Waals surface area contributed by atoms with Crippen LogP contribution in [0.1, 0.15) is 78.6 Å². The summed E-state index contributed by atoms with van der Waals surface area (Å²) in [4.78, 5) is 23.5. The lowest BCUT2D eigenvalue weighted by Crippen LogP contribution is -2.54. The molecule has 0 spiro atoms. The molecule has 4 aliphatic carbocycles. The minimum Gasteiger partial charge on any atom is -0.462 e. The van der Waals surface area contributed by atoms with Crippen LogP contribution in [-0.2, 0) is 14.3 Å². The van der Waals surface area contributed by atoms with Crippen LogP contribution in [-0.4, -0.2) is 17.9 Å². The van der Waals surface area contributed by atoms with Crippen LogP contribution < -0.4 is 0 Å². The number of Topliss-reactive ketones (excluding diaryl/α,β-unsaturated/α-hetero) is 1. The largest absolute Gasteiger partial charge is 0.462 e. The summed E-state index contributed by atoms with van der Waals surface area (Å²) in [6.07, 6.45) is 10.1. The quantitative estimate of drug-likeness (QED) is 0.663. The first kappa shape index (κ1) is 16.6. The van der Waals surface area contributed by atoms with E-state index in [1.54, 1.807) is 6.92 Å². The van der Waals surface area contributed by atoms with Crippen LogP contribution in [0, 0.1) is 34.5 Å². The lowest BCUT2D eigenvalue weighted by Gasteiger charge is -2.60. The van der Waals surface area contributed by atoms with Gasteiger partial charge in [0, 0.05) is 25.2 Å². The molecule has 4 aliphatic rings. The molecular formula is C21H32O3. The van der Waals surface area contributed by atoms with E-state index in [9.17, 15) is 9.59 Å². The molecule has 0 N–H and O–H groups in total. The molecule has 0 heterocycles. The number of carbonyl (C=O) groups excluding carboxylic acids is 2. The molecule has 0 radical (unpaired) electrons. The molecule has 4 rings (SSSR count). The van der Waals surface area contributed by atoms with Crippen LogP contribution in [0.5, 0.6) is 0 Å². The molecule has 4 saturated carbocycles. The van der Waals surface area contributed by atoms with E-state index in [0.717, 1.165) is 37.5 Å². The SMILES string of the molecule is CC(=O)O[C@@H]1CC[C@@H]2[C@H]3CC[C@H]4CC(=O)CC[C@]4(C)[C@H]3CC[C@@]21C. The van der Waals surface area contributed by atoms with E-state index in [4.69, 9.17) is 4.74 Å². The number of carbonyl (C=O) groups is 2. The van der Waals surface area contributed by atoms with Gasteiger partial charge < -0.3 is 4.74 Å². The maximum absolute atomic E-state index is 12.0. The molecule has 0 unspecified atom stereocenters. The number of hydrogen-bond donors (Lipinski definition) is 0. The summed E-state index contributed by atoms with van der Waals surface area (Å²) in [5.41, 5.74) is 0.554. The van der Waals surface area contributed by atoms with E-state index in [1.807, 2.05) is 0 Å². The van der Waals surface area contributed by atoms with Gasteiger partial charge in [-0.3, -0.25) is 9.59 Å². The van der Waals surface area contributed by atoms with E-state index < -0.39 is 0 Å². The smallest absolute Gasteiger partial charge is 0.302 e. The highest BCUT2D eigenvalue weighted by molar-refractivity contribution is 5.79. The van der Waals surface area contributed by atoms with Gasteiger partial charge in [0.05, 0.1) is 0 Å². The Hall–Kier alpha value is -0.860. The van der Waals surface area contributed by atoms with Crippen LogP contribution in [0.4, 0.5) is 0 Å². The van der Waals surface area contributed by atoms with Gasteiger partial charge in [-0.1, -0.05) is 13.8 Å². The summed E-state index contributed by atoms with van der Waals surface area (Å²) in [6.45, 7) is 6.42. The molecule has 0 aromatic rings. The van der Waals surface area contributed by atoms with Crippen molar-refractivity contribution in [1.29, 1.82) is 0 Å². The van der Waals surface area contributed by atoms with Gasteiger partial charge in [0.15, 0.2) is 0 Å². The lowest BCUT2D eigenvalue weighted by molar-refractivity contribution is -0.162. The van der Waals surface area contributed by atoms with Crippen molar-refractivity contribution < 1.29 is 14.3 Å². The highest BCUT2D eigenvalue weighted by Crippen LogP contribution is 2.66. The van der Waals surface area contributed by atoms with Gasteiger partial charge in [0.1, 0.15) is 11.9 Å². The fourth-order valence-electron chi connectivity index (χ4n) is 7.39. The van der Waals surface area contributed by atoms with Crippen molar-refractivity contribution in [2.75, 3.05) is 0 Å². The second-order valence-corrected chi connectivity index (χ2v) is 9.62. The predicted octanol–water partition coefficient (Wildman–Crippen LogP) is 4.53. The normalized spacial score (nSPS) is 50.6. The molecule has 3 nitrogen and oxygen atoms in total. The molecule has 4 fully saturated rings. The number of fused-ring (bicyclic) bond motifs is 5. The van der Waals surface area contributed by atoms with E-state index in [1.165, 1.54) is 32.1 Å². The molecule has 0 bridgehead atoms. The van der Waals surface area contributed by atoms with E-state index in [-0.39, 0.29) is 17.5 Å². The molecule has 0 aliphatic heterocycles. The molecule has 3 heteroatoms. The Balaban J connectivity index is 1.58. The first-order valence-corrected chi connectivity index (χ1v) is 10.0. The highest BCUT2D eigenvalue weighted by Gasteiger charge is 2.60. The average molecular weight is 332 g/mol. The second kappa shape index (κ2) is 5.57.